The van der Waals surface area contributed by atoms with Crippen molar-refractivity contribution in [2.45, 2.75) is 44.6 Å². The maximum atomic E-state index is 14.7. The smallest absolute Gasteiger partial charge is 0.387 e. The molecule has 0 fully saturated rings. The molecule has 12 heteroatoms. The molecule has 1 aliphatic rings. The zero-order valence-electron chi connectivity index (χ0n) is 18.3. The number of nitrogens with two attached hydrogens (primary N) is 1. The summed E-state index contributed by atoms with van der Waals surface area (Å²) in [4.78, 5) is 20.8. The second kappa shape index (κ2) is 8.32. The number of aryl methyl sites for hydroxylation is 1. The number of ether oxygens (including phenoxy) is 1. The summed E-state index contributed by atoms with van der Waals surface area (Å²) in [6.07, 6.45) is 0.983. The van der Waals surface area contributed by atoms with E-state index in [0.717, 1.165) is 12.3 Å². The molecule has 2 heterocycles. The van der Waals surface area contributed by atoms with Gasteiger partial charge >= 0.3 is 6.61 Å². The number of nitrogens with one attached hydrogen (secondary N) is 1. The van der Waals surface area contributed by atoms with Crippen LogP contribution in [-0.2, 0) is 15.4 Å². The van der Waals surface area contributed by atoms with Crippen LogP contribution in [0.1, 0.15) is 42.4 Å². The van der Waals surface area contributed by atoms with Crippen LogP contribution < -0.4 is 15.8 Å². The highest BCUT2D eigenvalue weighted by Gasteiger charge is 2.49. The van der Waals surface area contributed by atoms with Gasteiger partial charge in [-0.05, 0) is 57.5 Å². The number of anilines is 1. The van der Waals surface area contributed by atoms with Crippen LogP contribution >= 0.6 is 0 Å². The number of rotatable bonds is 5. The average Bonchev–Trinajstić information content (AvgIpc) is 2.67. The van der Waals surface area contributed by atoms with Gasteiger partial charge in [0, 0.05) is 11.3 Å². The lowest BCUT2D eigenvalue weighted by Crippen LogP contribution is -2.55. The number of sulfone groups is 1. The molecule has 0 spiro atoms. The summed E-state index contributed by atoms with van der Waals surface area (Å²) < 4.78 is 67.9. The highest BCUT2D eigenvalue weighted by Crippen LogP contribution is 2.38. The lowest BCUT2D eigenvalue weighted by atomic mass is 9.92. The number of alkyl halides is 2. The van der Waals surface area contributed by atoms with Crippen molar-refractivity contribution in [3.63, 3.8) is 0 Å². The summed E-state index contributed by atoms with van der Waals surface area (Å²) >= 11 is 0. The van der Waals surface area contributed by atoms with Crippen molar-refractivity contribution in [3.8, 4) is 5.75 Å². The molecule has 0 radical (unpaired) electrons. The first kappa shape index (κ1) is 24.5. The highest BCUT2D eigenvalue weighted by atomic mass is 32.2. The van der Waals surface area contributed by atoms with Gasteiger partial charge in [0.15, 0.2) is 9.84 Å². The van der Waals surface area contributed by atoms with Gasteiger partial charge in [0.05, 0.1) is 11.9 Å². The molecule has 0 saturated heterocycles. The summed E-state index contributed by atoms with van der Waals surface area (Å²) in [6, 6.07) is 4.88. The molecule has 1 atom stereocenters. The average molecular weight is 485 g/mol. The largest absolute Gasteiger partial charge is 0.433 e. The number of nitrogens with zero attached hydrogens (tertiary/aromatic N) is 2. The first-order chi connectivity index (χ1) is 15.2. The van der Waals surface area contributed by atoms with E-state index in [9.17, 15) is 26.4 Å². The van der Waals surface area contributed by atoms with E-state index in [1.54, 1.807) is 0 Å². The number of carbonyl (C=O) groups excluding carboxylic acids is 1. The fourth-order valence-corrected chi connectivity index (χ4v) is 5.13. The van der Waals surface area contributed by atoms with Crippen LogP contribution in [0, 0.1) is 12.7 Å². The Balaban J connectivity index is 1.93. The first-order valence-corrected chi connectivity index (χ1v) is 11.4. The summed E-state index contributed by atoms with van der Waals surface area (Å²) in [7, 11) is -3.77. The van der Waals surface area contributed by atoms with Crippen molar-refractivity contribution < 1.29 is 31.1 Å². The Bertz CT molecular complexity index is 1250. The number of hydrogen-bond acceptors (Lipinski definition) is 7. The Morgan fingerprint density at radius 1 is 1.24 bits per heavy atom. The van der Waals surface area contributed by atoms with Gasteiger partial charge < -0.3 is 15.8 Å². The van der Waals surface area contributed by atoms with Gasteiger partial charge in [0.2, 0.25) is 0 Å². The van der Waals surface area contributed by atoms with E-state index in [-0.39, 0.29) is 34.1 Å². The van der Waals surface area contributed by atoms with Crippen LogP contribution in [0.2, 0.25) is 0 Å². The van der Waals surface area contributed by atoms with Gasteiger partial charge in [-0.2, -0.15) is 8.78 Å². The van der Waals surface area contributed by atoms with Gasteiger partial charge in [0.25, 0.3) is 5.91 Å². The van der Waals surface area contributed by atoms with Gasteiger partial charge in [-0.15, -0.1) is 0 Å². The van der Waals surface area contributed by atoms with Crippen molar-refractivity contribution >= 4 is 27.3 Å². The number of halogens is 3. The van der Waals surface area contributed by atoms with E-state index < -0.39 is 44.2 Å². The predicted octanol–water partition coefficient (Wildman–Crippen LogP) is 3.16. The zero-order chi connectivity index (χ0) is 24.8. The molecular weight excluding hydrogens is 461 g/mol. The quantitative estimate of drug-likeness (QED) is 0.672. The maximum absolute atomic E-state index is 14.7. The molecule has 8 nitrogen and oxygen atoms in total. The monoisotopic (exact) mass is 484 g/mol. The minimum absolute atomic E-state index is 0.0574. The first-order valence-electron chi connectivity index (χ1n) is 9.77. The third-order valence-electron chi connectivity index (χ3n) is 5.53. The van der Waals surface area contributed by atoms with Crippen LogP contribution in [0.25, 0.3) is 0 Å². The molecule has 1 aromatic carbocycles. The van der Waals surface area contributed by atoms with E-state index >= 15 is 0 Å². The van der Waals surface area contributed by atoms with E-state index in [1.165, 1.54) is 45.9 Å². The number of benzene rings is 1. The second-order valence-electron chi connectivity index (χ2n) is 8.40. The number of amides is 1. The lowest BCUT2D eigenvalue weighted by molar-refractivity contribution is -0.0501. The molecule has 178 valence electrons. The number of aliphatic imine (C=N–C) groups is 1. The summed E-state index contributed by atoms with van der Waals surface area (Å²) in [5.41, 5.74) is 4.72. The summed E-state index contributed by atoms with van der Waals surface area (Å²) in [6.45, 7) is 2.77. The molecule has 3 N–H and O–H groups in total. The Hall–Kier alpha value is -3.15. The molecule has 1 aliphatic heterocycles. The Morgan fingerprint density at radius 3 is 2.48 bits per heavy atom. The fourth-order valence-electron chi connectivity index (χ4n) is 3.44. The molecule has 1 amide bonds. The maximum Gasteiger partial charge on any atom is 0.387 e. The number of carbonyl (C=O) groups is 1. The fraction of sp³-hybridized carbons (Fsp3) is 0.381. The van der Waals surface area contributed by atoms with E-state index in [4.69, 9.17) is 5.73 Å². The second-order valence-corrected chi connectivity index (χ2v) is 10.9. The number of hydrogen-bond donors (Lipinski definition) is 2. The van der Waals surface area contributed by atoms with Crippen molar-refractivity contribution in [3.05, 3.63) is 53.1 Å². The van der Waals surface area contributed by atoms with Crippen molar-refractivity contribution in [2.75, 3.05) is 11.1 Å². The van der Waals surface area contributed by atoms with Gasteiger partial charge in [-0.1, -0.05) is 0 Å². The van der Waals surface area contributed by atoms with Crippen LogP contribution in [0.3, 0.4) is 0 Å². The number of amidine groups is 1. The molecule has 1 aromatic heterocycles. The Morgan fingerprint density at radius 2 is 1.91 bits per heavy atom. The minimum atomic E-state index is -3.77. The number of pyridine rings is 1. The Kier molecular flexibility index (Phi) is 6.18. The number of aromatic nitrogens is 1. The molecule has 0 aliphatic carbocycles. The van der Waals surface area contributed by atoms with E-state index in [0.29, 0.717) is 0 Å². The summed E-state index contributed by atoms with van der Waals surface area (Å²) in [5.74, 6) is -2.22. The normalized spacial score (nSPS) is 21.4. The van der Waals surface area contributed by atoms with E-state index in [2.05, 4.69) is 20.0 Å². The Labute approximate surface area is 189 Å². The molecule has 0 saturated carbocycles. The van der Waals surface area contributed by atoms with Crippen LogP contribution in [0.4, 0.5) is 18.9 Å². The van der Waals surface area contributed by atoms with Crippen LogP contribution in [-0.4, -0.2) is 42.3 Å². The highest BCUT2D eigenvalue weighted by molar-refractivity contribution is 7.93. The van der Waals surface area contributed by atoms with Crippen LogP contribution in [0.5, 0.6) is 5.75 Å². The predicted molar refractivity (Wildman–Crippen MR) is 117 cm³/mol. The summed E-state index contributed by atoms with van der Waals surface area (Å²) in [5, 5.41) is 2.55. The van der Waals surface area contributed by atoms with Gasteiger partial charge in [-0.25, -0.2) is 17.8 Å². The van der Waals surface area contributed by atoms with Gasteiger partial charge in [0.1, 0.15) is 33.4 Å². The SMILES string of the molecule is Cc1cc(OC(F)F)cnc1C(=O)Nc1ccc(F)c(C2(C)CS(=O)(=O)C(C)(C)C(N)=N2)c1. The van der Waals surface area contributed by atoms with Crippen molar-refractivity contribution in [1.82, 2.24) is 4.98 Å². The standard InChI is InChI=1S/C21H23F3N4O4S/c1-11-7-13(32-19(23)24)9-26-16(11)17(29)27-12-5-6-15(22)14(8-12)21(4)10-33(30,31)20(2,3)18(25)28-21/h5-9,19H,10H2,1-4H3,(H2,25,28)(H,27,29). The minimum Gasteiger partial charge on any atom is -0.433 e. The molecule has 3 rings (SSSR count). The van der Waals surface area contributed by atoms with Crippen molar-refractivity contribution in [1.29, 1.82) is 0 Å². The van der Waals surface area contributed by atoms with Crippen molar-refractivity contribution in [2.24, 2.45) is 10.7 Å². The molecule has 0 bridgehead atoms. The molecule has 33 heavy (non-hydrogen) atoms. The van der Waals surface area contributed by atoms with Gasteiger partial charge in [-0.3, -0.25) is 9.79 Å². The topological polar surface area (TPSA) is 124 Å². The van der Waals surface area contributed by atoms with E-state index in [1.807, 2.05) is 0 Å². The molecule has 2 aromatic rings. The lowest BCUT2D eigenvalue weighted by Gasteiger charge is -2.38. The molecule has 1 unspecified atom stereocenters. The third kappa shape index (κ3) is 4.65. The third-order valence-corrected chi connectivity index (χ3v) is 8.24. The molecular formula is C21H23F3N4O4S. The zero-order valence-corrected chi connectivity index (χ0v) is 19.1. The van der Waals surface area contributed by atoms with Crippen LogP contribution in [0.15, 0.2) is 35.5 Å².